The number of carbonyl (C=O) groups is 2. The Kier molecular flexibility index (Phi) is 2.72. The Balaban J connectivity index is 2.55. The molecular weight excluding hydrogens is 226 g/mol. The van der Waals surface area contributed by atoms with Gasteiger partial charge in [-0.05, 0) is 31.0 Å². The second kappa shape index (κ2) is 3.91. The van der Waals surface area contributed by atoms with Crippen LogP contribution in [0.15, 0.2) is 12.1 Å². The Morgan fingerprint density at radius 2 is 1.69 bits per heavy atom. The van der Waals surface area contributed by atoms with E-state index < -0.39 is 0 Å². The molecule has 1 aliphatic rings. The molecule has 0 N–H and O–H groups in total. The SMILES string of the molecule is Cc1cc(C)c(N2C(=O)CCC2=O)c(Cl)c1. The fraction of sp³-hybridized carbons (Fsp3) is 0.333. The number of hydrogen-bond acceptors (Lipinski definition) is 2. The largest absolute Gasteiger partial charge is 0.274 e. The maximum atomic E-state index is 11.6. The summed E-state index contributed by atoms with van der Waals surface area (Å²) in [7, 11) is 0. The van der Waals surface area contributed by atoms with Crippen LogP contribution >= 0.6 is 11.6 Å². The van der Waals surface area contributed by atoms with Crippen LogP contribution < -0.4 is 4.90 Å². The van der Waals surface area contributed by atoms with Crippen molar-refractivity contribution in [2.24, 2.45) is 0 Å². The van der Waals surface area contributed by atoms with Crippen molar-refractivity contribution in [3.63, 3.8) is 0 Å². The topological polar surface area (TPSA) is 37.4 Å². The first-order valence-corrected chi connectivity index (χ1v) is 5.51. The summed E-state index contributed by atoms with van der Waals surface area (Å²) < 4.78 is 0. The van der Waals surface area contributed by atoms with Crippen molar-refractivity contribution in [1.82, 2.24) is 0 Å². The van der Waals surface area contributed by atoms with Crippen molar-refractivity contribution in [2.75, 3.05) is 4.90 Å². The third-order valence-electron chi connectivity index (χ3n) is 2.67. The highest BCUT2D eigenvalue weighted by Crippen LogP contribution is 2.34. The van der Waals surface area contributed by atoms with E-state index in [0.717, 1.165) is 11.1 Å². The normalized spacial score (nSPS) is 16.1. The van der Waals surface area contributed by atoms with E-state index in [2.05, 4.69) is 0 Å². The van der Waals surface area contributed by atoms with E-state index in [1.807, 2.05) is 19.9 Å². The molecule has 0 radical (unpaired) electrons. The molecule has 1 heterocycles. The van der Waals surface area contributed by atoms with Crippen LogP contribution in [-0.4, -0.2) is 11.8 Å². The number of imide groups is 1. The van der Waals surface area contributed by atoms with Crippen molar-refractivity contribution < 1.29 is 9.59 Å². The number of rotatable bonds is 1. The zero-order valence-electron chi connectivity index (χ0n) is 9.21. The van der Waals surface area contributed by atoms with E-state index in [1.54, 1.807) is 6.07 Å². The summed E-state index contributed by atoms with van der Waals surface area (Å²) in [5.41, 5.74) is 2.42. The Morgan fingerprint density at radius 1 is 1.12 bits per heavy atom. The second-order valence-corrected chi connectivity index (χ2v) is 4.44. The maximum Gasteiger partial charge on any atom is 0.234 e. The highest BCUT2D eigenvalue weighted by Gasteiger charge is 2.32. The van der Waals surface area contributed by atoms with E-state index in [-0.39, 0.29) is 24.7 Å². The second-order valence-electron chi connectivity index (χ2n) is 4.04. The van der Waals surface area contributed by atoms with Crippen LogP contribution in [0.4, 0.5) is 5.69 Å². The summed E-state index contributed by atoms with van der Waals surface area (Å²) in [5.74, 6) is -0.335. The number of hydrogen-bond donors (Lipinski definition) is 0. The predicted molar refractivity (Wildman–Crippen MR) is 62.7 cm³/mol. The molecule has 0 spiro atoms. The standard InChI is InChI=1S/C12H12ClNO2/c1-7-5-8(2)12(9(13)6-7)14-10(15)3-4-11(14)16/h5-6H,3-4H2,1-2H3. The third-order valence-corrected chi connectivity index (χ3v) is 2.96. The van der Waals surface area contributed by atoms with Gasteiger partial charge in [0.1, 0.15) is 0 Å². The van der Waals surface area contributed by atoms with Crippen LogP contribution in [0.5, 0.6) is 0 Å². The third kappa shape index (κ3) is 1.71. The summed E-state index contributed by atoms with van der Waals surface area (Å²) in [6.07, 6.45) is 0.560. The number of anilines is 1. The van der Waals surface area contributed by atoms with Gasteiger partial charge in [0.05, 0.1) is 10.7 Å². The Morgan fingerprint density at radius 3 is 2.19 bits per heavy atom. The fourth-order valence-corrected chi connectivity index (χ4v) is 2.42. The molecule has 0 saturated carbocycles. The molecule has 1 aliphatic heterocycles. The van der Waals surface area contributed by atoms with Gasteiger partial charge >= 0.3 is 0 Å². The molecule has 4 heteroatoms. The van der Waals surface area contributed by atoms with Crippen LogP contribution in [0.2, 0.25) is 5.02 Å². The van der Waals surface area contributed by atoms with Crippen LogP contribution in [0.25, 0.3) is 0 Å². The van der Waals surface area contributed by atoms with E-state index in [0.29, 0.717) is 10.7 Å². The lowest BCUT2D eigenvalue weighted by Crippen LogP contribution is -2.29. The lowest BCUT2D eigenvalue weighted by Gasteiger charge is -2.18. The highest BCUT2D eigenvalue weighted by atomic mass is 35.5. The molecular formula is C12H12ClNO2. The number of amides is 2. The van der Waals surface area contributed by atoms with Gasteiger partial charge in [0.2, 0.25) is 11.8 Å². The first-order valence-electron chi connectivity index (χ1n) is 5.13. The Labute approximate surface area is 99.0 Å². The molecule has 16 heavy (non-hydrogen) atoms. The zero-order valence-corrected chi connectivity index (χ0v) is 9.97. The molecule has 0 aromatic heterocycles. The lowest BCUT2D eigenvalue weighted by molar-refractivity contribution is -0.121. The van der Waals surface area contributed by atoms with Crippen LogP contribution in [0.3, 0.4) is 0 Å². The van der Waals surface area contributed by atoms with Gasteiger partial charge in [0, 0.05) is 12.8 Å². The van der Waals surface area contributed by atoms with Gasteiger partial charge in [-0.25, -0.2) is 4.90 Å². The van der Waals surface area contributed by atoms with Gasteiger partial charge in [-0.2, -0.15) is 0 Å². The molecule has 1 saturated heterocycles. The predicted octanol–water partition coefficient (Wildman–Crippen LogP) is 2.61. The van der Waals surface area contributed by atoms with Crippen LogP contribution in [-0.2, 0) is 9.59 Å². The highest BCUT2D eigenvalue weighted by molar-refractivity contribution is 6.36. The van der Waals surface area contributed by atoms with Crippen molar-refractivity contribution >= 4 is 29.1 Å². The summed E-state index contributed by atoms with van der Waals surface area (Å²) in [6.45, 7) is 3.78. The number of nitrogens with zero attached hydrogens (tertiary/aromatic N) is 1. The van der Waals surface area contributed by atoms with E-state index in [4.69, 9.17) is 11.6 Å². The Bertz CT molecular complexity index is 443. The number of benzene rings is 1. The van der Waals surface area contributed by atoms with Crippen LogP contribution in [0.1, 0.15) is 24.0 Å². The van der Waals surface area contributed by atoms with E-state index in [9.17, 15) is 9.59 Å². The average Bonchev–Trinajstić information content (AvgIpc) is 2.47. The molecule has 0 atom stereocenters. The molecule has 0 aliphatic carbocycles. The van der Waals surface area contributed by atoms with Gasteiger partial charge in [-0.3, -0.25) is 9.59 Å². The minimum Gasteiger partial charge on any atom is -0.274 e. The van der Waals surface area contributed by atoms with Gasteiger partial charge in [0.25, 0.3) is 0 Å². The van der Waals surface area contributed by atoms with Crippen molar-refractivity contribution in [3.05, 3.63) is 28.3 Å². The van der Waals surface area contributed by atoms with Crippen molar-refractivity contribution in [2.45, 2.75) is 26.7 Å². The van der Waals surface area contributed by atoms with Gasteiger partial charge in [-0.15, -0.1) is 0 Å². The van der Waals surface area contributed by atoms with Gasteiger partial charge in [0.15, 0.2) is 0 Å². The first kappa shape index (κ1) is 11.1. The lowest BCUT2D eigenvalue weighted by atomic mass is 10.1. The van der Waals surface area contributed by atoms with E-state index in [1.165, 1.54) is 4.90 Å². The molecule has 1 aromatic rings. The molecule has 3 nitrogen and oxygen atoms in total. The van der Waals surface area contributed by atoms with E-state index >= 15 is 0 Å². The fourth-order valence-electron chi connectivity index (χ4n) is 2.02. The van der Waals surface area contributed by atoms with Crippen molar-refractivity contribution in [3.8, 4) is 0 Å². The zero-order chi connectivity index (χ0) is 11.9. The molecule has 2 rings (SSSR count). The van der Waals surface area contributed by atoms with Gasteiger partial charge in [-0.1, -0.05) is 17.7 Å². The van der Waals surface area contributed by atoms with Gasteiger partial charge < -0.3 is 0 Å². The summed E-state index contributed by atoms with van der Waals surface area (Å²) in [6, 6.07) is 3.68. The molecule has 1 aromatic carbocycles. The summed E-state index contributed by atoms with van der Waals surface area (Å²) in [4.78, 5) is 24.4. The average molecular weight is 238 g/mol. The number of carbonyl (C=O) groups excluding carboxylic acids is 2. The van der Waals surface area contributed by atoms with Crippen LogP contribution in [0, 0.1) is 13.8 Å². The minimum atomic E-state index is -0.168. The molecule has 0 bridgehead atoms. The first-order chi connectivity index (χ1) is 7.50. The molecule has 1 fully saturated rings. The number of aryl methyl sites for hydroxylation is 2. The van der Waals surface area contributed by atoms with Crippen molar-refractivity contribution in [1.29, 1.82) is 0 Å². The summed E-state index contributed by atoms with van der Waals surface area (Å²) >= 11 is 6.10. The molecule has 84 valence electrons. The summed E-state index contributed by atoms with van der Waals surface area (Å²) in [5, 5.41) is 0.459. The molecule has 0 unspecified atom stereocenters. The monoisotopic (exact) mass is 237 g/mol. The maximum absolute atomic E-state index is 11.6. The minimum absolute atomic E-state index is 0.168. The smallest absolute Gasteiger partial charge is 0.234 e. The quantitative estimate of drug-likeness (QED) is 0.704. The number of halogens is 1. The molecule has 2 amide bonds. The Hall–Kier alpha value is -1.35.